The molecule has 0 spiro atoms. The summed E-state index contributed by atoms with van der Waals surface area (Å²) in [5.41, 5.74) is 5.35. The number of imidazole rings is 1. The van der Waals surface area contributed by atoms with Crippen LogP contribution in [0.15, 0.2) is 67.3 Å². The Balaban J connectivity index is 1.28. The number of nitrogens with one attached hydrogen (secondary N) is 1. The lowest BCUT2D eigenvalue weighted by Gasteiger charge is -2.21. The molecule has 152 valence electrons. The fourth-order valence-corrected chi connectivity index (χ4v) is 4.57. The third-order valence-electron chi connectivity index (χ3n) is 6.09. The molecule has 0 aliphatic carbocycles. The van der Waals surface area contributed by atoms with E-state index in [1.54, 1.807) is 0 Å². The number of carbonyl (C=O) groups is 1. The van der Waals surface area contributed by atoms with Crippen molar-refractivity contribution in [3.05, 3.63) is 72.8 Å². The second kappa shape index (κ2) is 7.78. The summed E-state index contributed by atoms with van der Waals surface area (Å²) in [4.78, 5) is 19.5. The van der Waals surface area contributed by atoms with Gasteiger partial charge in [-0.2, -0.15) is 5.10 Å². The predicted molar refractivity (Wildman–Crippen MR) is 117 cm³/mol. The Morgan fingerprint density at radius 3 is 2.83 bits per heavy atom. The molecule has 4 aromatic rings. The van der Waals surface area contributed by atoms with E-state index in [4.69, 9.17) is 0 Å². The number of nitrogens with zero attached hydrogens (tertiary/aromatic N) is 4. The number of carbonyl (C=O) groups excluding carboxylic acids is 1. The molecule has 1 amide bonds. The molecule has 6 nitrogen and oxygen atoms in total. The molecule has 5 rings (SSSR count). The lowest BCUT2D eigenvalue weighted by atomic mass is 10.1. The fraction of sp³-hybridized carbons (Fsp3) is 0.292. The number of hydrogen-bond acceptors (Lipinski definition) is 3. The highest BCUT2D eigenvalue weighted by atomic mass is 16.2. The number of hydrogen-bond donors (Lipinski definition) is 1. The average Bonchev–Trinajstić information content (AvgIpc) is 3.49. The van der Waals surface area contributed by atoms with Gasteiger partial charge in [0.05, 0.1) is 30.0 Å². The third-order valence-corrected chi connectivity index (χ3v) is 6.09. The van der Waals surface area contributed by atoms with Crippen LogP contribution >= 0.6 is 0 Å². The van der Waals surface area contributed by atoms with E-state index in [0.717, 1.165) is 47.2 Å². The maximum Gasteiger partial charge on any atom is 0.227 e. The number of rotatable bonds is 5. The van der Waals surface area contributed by atoms with Gasteiger partial charge in [-0.15, -0.1) is 0 Å². The molecule has 3 heterocycles. The van der Waals surface area contributed by atoms with Crippen LogP contribution in [0, 0.1) is 5.92 Å². The molecule has 0 saturated carbocycles. The Morgan fingerprint density at radius 2 is 2.03 bits per heavy atom. The summed E-state index contributed by atoms with van der Waals surface area (Å²) in [5, 5.41) is 6.88. The molecular weight excluding hydrogens is 374 g/mol. The van der Waals surface area contributed by atoms with Crippen molar-refractivity contribution >= 4 is 16.9 Å². The number of H-pyrrole nitrogens is 1. The zero-order valence-corrected chi connectivity index (χ0v) is 17.0. The molecule has 1 aliphatic heterocycles. The van der Waals surface area contributed by atoms with Gasteiger partial charge in [-0.3, -0.25) is 9.89 Å². The summed E-state index contributed by atoms with van der Waals surface area (Å²) in [6.45, 7) is 3.84. The van der Waals surface area contributed by atoms with Crippen molar-refractivity contribution in [1.82, 2.24) is 24.6 Å². The summed E-state index contributed by atoms with van der Waals surface area (Å²) in [6.07, 6.45) is 7.12. The predicted octanol–water partition coefficient (Wildman–Crippen LogP) is 3.91. The quantitative estimate of drug-likeness (QED) is 0.553. The molecule has 30 heavy (non-hydrogen) atoms. The van der Waals surface area contributed by atoms with E-state index >= 15 is 0 Å². The van der Waals surface area contributed by atoms with Gasteiger partial charge < -0.3 is 9.47 Å². The van der Waals surface area contributed by atoms with Gasteiger partial charge in [0.1, 0.15) is 0 Å². The van der Waals surface area contributed by atoms with E-state index in [9.17, 15) is 4.79 Å². The SMILES string of the molecule is C[C@@H]1C[C@H](Cn2cnc3cc(-c4cn[nH]c4)ccc32)CN1C(=O)Cc1ccccc1. The molecule has 1 saturated heterocycles. The number of aromatic amines is 1. The van der Waals surface area contributed by atoms with Crippen molar-refractivity contribution in [2.45, 2.75) is 32.4 Å². The van der Waals surface area contributed by atoms with Crippen molar-refractivity contribution in [2.24, 2.45) is 5.92 Å². The van der Waals surface area contributed by atoms with E-state index in [1.807, 2.05) is 54.0 Å². The molecule has 0 bridgehead atoms. The fourth-order valence-electron chi connectivity index (χ4n) is 4.57. The zero-order chi connectivity index (χ0) is 20.5. The first-order chi connectivity index (χ1) is 14.7. The number of amides is 1. The van der Waals surface area contributed by atoms with Crippen molar-refractivity contribution < 1.29 is 4.79 Å². The molecular formula is C24H25N5O. The van der Waals surface area contributed by atoms with Gasteiger partial charge in [-0.1, -0.05) is 36.4 Å². The summed E-state index contributed by atoms with van der Waals surface area (Å²) >= 11 is 0. The van der Waals surface area contributed by atoms with Crippen LogP contribution in [0.2, 0.25) is 0 Å². The summed E-state index contributed by atoms with van der Waals surface area (Å²) in [5.74, 6) is 0.655. The van der Waals surface area contributed by atoms with E-state index < -0.39 is 0 Å². The van der Waals surface area contributed by atoms with Gasteiger partial charge in [0, 0.05) is 30.9 Å². The minimum Gasteiger partial charge on any atom is -0.339 e. The molecule has 6 heteroatoms. The minimum absolute atomic E-state index is 0.219. The summed E-state index contributed by atoms with van der Waals surface area (Å²) in [6, 6.07) is 16.6. The van der Waals surface area contributed by atoms with Gasteiger partial charge in [0.15, 0.2) is 0 Å². The van der Waals surface area contributed by atoms with Crippen LogP contribution in [0.1, 0.15) is 18.9 Å². The normalized spacial score (nSPS) is 18.9. The van der Waals surface area contributed by atoms with Crippen molar-refractivity contribution in [3.8, 4) is 11.1 Å². The monoisotopic (exact) mass is 399 g/mol. The van der Waals surface area contributed by atoms with E-state index in [0.29, 0.717) is 12.3 Å². The lowest BCUT2D eigenvalue weighted by Crippen LogP contribution is -2.35. The molecule has 0 unspecified atom stereocenters. The second-order valence-corrected chi connectivity index (χ2v) is 8.25. The molecule has 2 aromatic heterocycles. The van der Waals surface area contributed by atoms with Crippen LogP contribution in [0.25, 0.3) is 22.2 Å². The number of likely N-dealkylation sites (tertiary alicyclic amines) is 1. The largest absolute Gasteiger partial charge is 0.339 e. The van der Waals surface area contributed by atoms with Crippen LogP contribution in [-0.2, 0) is 17.8 Å². The molecule has 2 atom stereocenters. The van der Waals surface area contributed by atoms with Gasteiger partial charge in [0.2, 0.25) is 5.91 Å². The first-order valence-electron chi connectivity index (χ1n) is 10.4. The van der Waals surface area contributed by atoms with Gasteiger partial charge in [-0.25, -0.2) is 4.98 Å². The molecule has 2 aromatic carbocycles. The lowest BCUT2D eigenvalue weighted by molar-refractivity contribution is -0.131. The van der Waals surface area contributed by atoms with E-state index in [2.05, 4.69) is 44.9 Å². The average molecular weight is 399 g/mol. The maximum atomic E-state index is 12.8. The highest BCUT2D eigenvalue weighted by Crippen LogP contribution is 2.28. The summed E-state index contributed by atoms with van der Waals surface area (Å²) in [7, 11) is 0. The Kier molecular flexibility index (Phi) is 4.83. The zero-order valence-electron chi connectivity index (χ0n) is 17.0. The first-order valence-corrected chi connectivity index (χ1v) is 10.4. The Hall–Kier alpha value is -3.41. The Bertz CT molecular complexity index is 1150. The van der Waals surface area contributed by atoms with Crippen LogP contribution in [0.3, 0.4) is 0 Å². The van der Waals surface area contributed by atoms with Gasteiger partial charge in [0.25, 0.3) is 0 Å². The first kappa shape index (κ1) is 18.6. The topological polar surface area (TPSA) is 66.8 Å². The van der Waals surface area contributed by atoms with E-state index in [1.165, 1.54) is 0 Å². The van der Waals surface area contributed by atoms with Gasteiger partial charge >= 0.3 is 0 Å². The Labute approximate surface area is 175 Å². The smallest absolute Gasteiger partial charge is 0.227 e. The van der Waals surface area contributed by atoms with E-state index in [-0.39, 0.29) is 11.9 Å². The van der Waals surface area contributed by atoms with Crippen LogP contribution in [0.5, 0.6) is 0 Å². The minimum atomic E-state index is 0.219. The van der Waals surface area contributed by atoms with Crippen LogP contribution < -0.4 is 0 Å². The molecule has 1 N–H and O–H groups in total. The second-order valence-electron chi connectivity index (χ2n) is 8.25. The van der Waals surface area contributed by atoms with Crippen molar-refractivity contribution in [1.29, 1.82) is 0 Å². The van der Waals surface area contributed by atoms with Crippen LogP contribution in [0.4, 0.5) is 0 Å². The number of aromatic nitrogens is 4. The number of fused-ring (bicyclic) bond motifs is 1. The Morgan fingerprint density at radius 1 is 1.17 bits per heavy atom. The van der Waals surface area contributed by atoms with Gasteiger partial charge in [-0.05, 0) is 42.5 Å². The van der Waals surface area contributed by atoms with Crippen molar-refractivity contribution in [2.75, 3.05) is 6.54 Å². The molecule has 0 radical (unpaired) electrons. The number of benzene rings is 2. The summed E-state index contributed by atoms with van der Waals surface area (Å²) < 4.78 is 2.22. The standard InChI is InChI=1S/C24H25N5O/c1-17-9-19(15-29(17)24(30)10-18-5-3-2-4-6-18)14-28-16-25-22-11-20(7-8-23(22)28)21-12-26-27-13-21/h2-8,11-13,16-17,19H,9-10,14-15H2,1H3,(H,26,27)/t17-,19-/m1/s1. The third kappa shape index (κ3) is 3.61. The molecule has 1 aliphatic rings. The van der Waals surface area contributed by atoms with Crippen LogP contribution in [-0.4, -0.2) is 43.1 Å². The van der Waals surface area contributed by atoms with Crippen molar-refractivity contribution in [3.63, 3.8) is 0 Å². The highest BCUT2D eigenvalue weighted by Gasteiger charge is 2.32. The maximum absolute atomic E-state index is 12.8. The molecule has 1 fully saturated rings. The highest BCUT2D eigenvalue weighted by molar-refractivity contribution is 5.82.